The maximum Gasteiger partial charge on any atom is 0.203 e. The highest BCUT2D eigenvalue weighted by atomic mass is 127. The highest BCUT2D eigenvalue weighted by Crippen LogP contribution is 2.39. The monoisotopic (exact) mass is 492 g/mol. The minimum Gasteiger partial charge on any atom is -0.493 e. The molecular weight excluding hydrogens is 459 g/mol. The van der Waals surface area contributed by atoms with Crippen molar-refractivity contribution in [2.75, 3.05) is 47.5 Å². The Balaban J connectivity index is 0.00000364. The van der Waals surface area contributed by atoms with E-state index in [0.29, 0.717) is 35.8 Å². The minimum absolute atomic E-state index is 0. The van der Waals surface area contributed by atoms with Crippen molar-refractivity contribution in [2.45, 2.75) is 32.2 Å². The lowest BCUT2D eigenvalue weighted by Crippen LogP contribution is -2.36. The van der Waals surface area contributed by atoms with E-state index in [-0.39, 0.29) is 24.0 Å². The molecule has 0 bridgehead atoms. The molecule has 1 saturated heterocycles. The number of likely N-dealkylation sites (tertiary alicyclic amines) is 1. The van der Waals surface area contributed by atoms with Crippen molar-refractivity contribution in [3.8, 4) is 17.2 Å². The summed E-state index contributed by atoms with van der Waals surface area (Å²) in [5.74, 6) is 2.44. The van der Waals surface area contributed by atoms with E-state index < -0.39 is 0 Å². The Morgan fingerprint density at radius 3 is 2.59 bits per heavy atom. The lowest BCUT2D eigenvalue weighted by atomic mass is 10.1. The first-order valence-electron chi connectivity index (χ1n) is 9.20. The SMILES string of the molecule is CCN1CCCC1CN=C(N)NCCc1ccc(OC)c(OC)c1OC.I. The Morgan fingerprint density at radius 2 is 1.96 bits per heavy atom. The third-order valence-electron chi connectivity index (χ3n) is 4.86. The Morgan fingerprint density at radius 1 is 1.22 bits per heavy atom. The van der Waals surface area contributed by atoms with Gasteiger partial charge >= 0.3 is 0 Å². The number of ether oxygens (including phenoxy) is 3. The molecule has 27 heavy (non-hydrogen) atoms. The van der Waals surface area contributed by atoms with Gasteiger partial charge in [0, 0.05) is 18.2 Å². The molecule has 0 aromatic heterocycles. The number of guanidine groups is 1. The Bertz CT molecular complexity index is 613. The predicted molar refractivity (Wildman–Crippen MR) is 120 cm³/mol. The van der Waals surface area contributed by atoms with Crippen LogP contribution in [0.3, 0.4) is 0 Å². The van der Waals surface area contributed by atoms with Crippen LogP contribution in [0.25, 0.3) is 0 Å². The van der Waals surface area contributed by atoms with Crippen LogP contribution in [0.2, 0.25) is 0 Å². The fourth-order valence-corrected chi connectivity index (χ4v) is 3.46. The number of hydrogen-bond acceptors (Lipinski definition) is 5. The van der Waals surface area contributed by atoms with E-state index in [1.54, 1.807) is 21.3 Å². The number of nitrogens with one attached hydrogen (secondary N) is 1. The van der Waals surface area contributed by atoms with Crippen molar-refractivity contribution < 1.29 is 14.2 Å². The zero-order valence-corrected chi connectivity index (χ0v) is 19.1. The molecule has 0 saturated carbocycles. The highest BCUT2D eigenvalue weighted by molar-refractivity contribution is 14.0. The van der Waals surface area contributed by atoms with Crippen molar-refractivity contribution in [1.82, 2.24) is 10.2 Å². The van der Waals surface area contributed by atoms with Crippen molar-refractivity contribution in [1.29, 1.82) is 0 Å². The Kier molecular flexibility index (Phi) is 10.6. The van der Waals surface area contributed by atoms with Crippen LogP contribution in [0.1, 0.15) is 25.3 Å². The van der Waals surface area contributed by atoms with Gasteiger partial charge in [0.15, 0.2) is 17.5 Å². The molecule has 2 rings (SSSR count). The Hall–Kier alpha value is -1.42. The van der Waals surface area contributed by atoms with Crippen molar-refractivity contribution in [2.24, 2.45) is 10.7 Å². The van der Waals surface area contributed by atoms with Crippen LogP contribution in [-0.4, -0.2) is 64.4 Å². The first-order chi connectivity index (χ1) is 12.6. The summed E-state index contributed by atoms with van der Waals surface area (Å²) in [7, 11) is 4.85. The van der Waals surface area contributed by atoms with Crippen molar-refractivity contribution in [3.63, 3.8) is 0 Å². The van der Waals surface area contributed by atoms with E-state index in [9.17, 15) is 0 Å². The van der Waals surface area contributed by atoms with E-state index in [0.717, 1.165) is 25.1 Å². The van der Waals surface area contributed by atoms with Crippen LogP contribution < -0.4 is 25.3 Å². The van der Waals surface area contributed by atoms with Gasteiger partial charge in [-0.15, -0.1) is 24.0 Å². The van der Waals surface area contributed by atoms with Gasteiger partial charge in [-0.3, -0.25) is 9.89 Å². The van der Waals surface area contributed by atoms with Gasteiger partial charge in [0.1, 0.15) is 0 Å². The lowest BCUT2D eigenvalue weighted by molar-refractivity contribution is 0.273. The minimum atomic E-state index is 0. The topological polar surface area (TPSA) is 81.3 Å². The summed E-state index contributed by atoms with van der Waals surface area (Å²) in [6.07, 6.45) is 3.19. The Labute approximate surface area is 179 Å². The van der Waals surface area contributed by atoms with E-state index in [1.165, 1.54) is 19.4 Å². The third kappa shape index (κ3) is 6.31. The predicted octanol–water partition coefficient (Wildman–Crippen LogP) is 2.26. The average Bonchev–Trinajstić information content (AvgIpc) is 3.13. The van der Waals surface area contributed by atoms with Crippen LogP contribution in [0, 0.1) is 0 Å². The highest BCUT2D eigenvalue weighted by Gasteiger charge is 2.22. The van der Waals surface area contributed by atoms with Crippen LogP contribution >= 0.6 is 24.0 Å². The first kappa shape index (κ1) is 23.6. The summed E-state index contributed by atoms with van der Waals surface area (Å²) in [6.45, 7) is 5.87. The molecule has 1 aromatic rings. The van der Waals surface area contributed by atoms with Gasteiger partial charge in [-0.1, -0.05) is 13.0 Å². The first-order valence-corrected chi connectivity index (χ1v) is 9.20. The quantitative estimate of drug-likeness (QED) is 0.313. The molecule has 1 atom stereocenters. The molecule has 1 aliphatic rings. The third-order valence-corrected chi connectivity index (χ3v) is 4.86. The van der Waals surface area contributed by atoms with Crippen molar-refractivity contribution >= 4 is 29.9 Å². The van der Waals surface area contributed by atoms with E-state index in [4.69, 9.17) is 19.9 Å². The molecule has 0 amide bonds. The molecule has 1 aliphatic heterocycles. The number of methoxy groups -OCH3 is 3. The van der Waals surface area contributed by atoms with Crippen LogP contribution in [0.15, 0.2) is 17.1 Å². The van der Waals surface area contributed by atoms with Gasteiger partial charge in [-0.25, -0.2) is 0 Å². The van der Waals surface area contributed by atoms with E-state index >= 15 is 0 Å². The molecule has 1 heterocycles. The van der Waals surface area contributed by atoms with Gasteiger partial charge in [0.05, 0.1) is 27.9 Å². The smallest absolute Gasteiger partial charge is 0.203 e. The lowest BCUT2D eigenvalue weighted by Gasteiger charge is -2.21. The van der Waals surface area contributed by atoms with Gasteiger partial charge in [-0.2, -0.15) is 0 Å². The molecule has 8 heteroatoms. The van der Waals surface area contributed by atoms with Crippen LogP contribution in [0.5, 0.6) is 17.2 Å². The number of likely N-dealkylation sites (N-methyl/N-ethyl adjacent to an activating group) is 1. The molecular formula is C19H33IN4O3. The number of aliphatic imine (C=N–C) groups is 1. The molecule has 0 radical (unpaired) electrons. The molecule has 3 N–H and O–H groups in total. The fourth-order valence-electron chi connectivity index (χ4n) is 3.46. The van der Waals surface area contributed by atoms with E-state index in [1.807, 2.05) is 12.1 Å². The molecule has 7 nitrogen and oxygen atoms in total. The summed E-state index contributed by atoms with van der Waals surface area (Å²) >= 11 is 0. The fraction of sp³-hybridized carbons (Fsp3) is 0.632. The number of hydrogen-bond donors (Lipinski definition) is 2. The normalized spacial score (nSPS) is 17.3. The van der Waals surface area contributed by atoms with Crippen molar-refractivity contribution in [3.05, 3.63) is 17.7 Å². The van der Waals surface area contributed by atoms with Gasteiger partial charge < -0.3 is 25.3 Å². The second kappa shape index (κ2) is 12.1. The van der Waals surface area contributed by atoms with Gasteiger partial charge in [0.25, 0.3) is 0 Å². The maximum absolute atomic E-state index is 6.02. The summed E-state index contributed by atoms with van der Waals surface area (Å²) in [6, 6.07) is 4.38. The molecule has 1 unspecified atom stereocenters. The van der Waals surface area contributed by atoms with Crippen LogP contribution in [-0.2, 0) is 6.42 Å². The maximum atomic E-state index is 6.02. The summed E-state index contributed by atoms with van der Waals surface area (Å²) in [5.41, 5.74) is 7.05. The molecule has 0 spiro atoms. The number of rotatable bonds is 9. The molecule has 1 aromatic carbocycles. The summed E-state index contributed by atoms with van der Waals surface area (Å²) in [4.78, 5) is 6.97. The van der Waals surface area contributed by atoms with Gasteiger partial charge in [0.2, 0.25) is 5.75 Å². The zero-order chi connectivity index (χ0) is 18.9. The number of nitrogens with two attached hydrogens (primary N) is 1. The molecule has 154 valence electrons. The second-order valence-corrected chi connectivity index (χ2v) is 6.32. The summed E-state index contributed by atoms with van der Waals surface area (Å²) in [5, 5.41) is 3.19. The van der Waals surface area contributed by atoms with Crippen LogP contribution in [0.4, 0.5) is 0 Å². The van der Waals surface area contributed by atoms with E-state index in [2.05, 4.69) is 22.1 Å². The van der Waals surface area contributed by atoms with Gasteiger partial charge in [-0.05, 0) is 38.4 Å². The number of halogens is 1. The molecule has 1 fully saturated rings. The number of nitrogens with zero attached hydrogens (tertiary/aromatic N) is 2. The average molecular weight is 492 g/mol. The number of benzene rings is 1. The summed E-state index contributed by atoms with van der Waals surface area (Å²) < 4.78 is 16.2. The second-order valence-electron chi connectivity index (χ2n) is 6.32. The standard InChI is InChI=1S/C19H32N4O3.HI/c1-5-23-12-6-7-15(23)13-22-19(20)21-11-10-14-8-9-16(24-2)18(26-4)17(14)25-3;/h8-9,15H,5-7,10-13H2,1-4H3,(H3,20,21,22);1H. The molecule has 0 aliphatic carbocycles. The zero-order valence-electron chi connectivity index (χ0n) is 16.8. The largest absolute Gasteiger partial charge is 0.493 e.